The van der Waals surface area contributed by atoms with Crippen LogP contribution in [0, 0.1) is 5.82 Å². The minimum absolute atomic E-state index is 0.00851. The van der Waals surface area contributed by atoms with Crippen molar-refractivity contribution in [3.8, 4) is 5.75 Å². The standard InChI is InChI=1S/C22H28FN3O5S/c1-5-31-20-12-10-19(11-13-20)26(32(4,29)30)15-21(27)25(16(2)22(28)24-3)14-17-6-8-18(23)9-7-17/h6-13,16H,5,14-15H2,1-4H3,(H,24,28)/t16-/m1/s1. The molecule has 2 rings (SSSR count). The molecule has 0 heterocycles. The molecule has 174 valence electrons. The van der Waals surface area contributed by atoms with Crippen LogP contribution >= 0.6 is 0 Å². The molecule has 0 aliphatic rings. The molecule has 0 spiro atoms. The van der Waals surface area contributed by atoms with Crippen molar-refractivity contribution in [3.05, 3.63) is 59.9 Å². The van der Waals surface area contributed by atoms with Gasteiger partial charge < -0.3 is 15.0 Å². The number of ether oxygens (including phenoxy) is 1. The molecule has 0 aromatic heterocycles. The number of nitrogens with zero attached hydrogens (tertiary/aromatic N) is 2. The van der Waals surface area contributed by atoms with Crippen LogP contribution < -0.4 is 14.4 Å². The van der Waals surface area contributed by atoms with E-state index in [0.29, 0.717) is 23.6 Å². The normalized spacial score (nSPS) is 12.0. The van der Waals surface area contributed by atoms with E-state index in [1.54, 1.807) is 31.2 Å². The second-order valence-electron chi connectivity index (χ2n) is 7.13. The third-order valence-corrected chi connectivity index (χ3v) is 5.94. The molecule has 2 aromatic carbocycles. The van der Waals surface area contributed by atoms with E-state index >= 15 is 0 Å². The summed E-state index contributed by atoms with van der Waals surface area (Å²) in [5, 5.41) is 2.49. The van der Waals surface area contributed by atoms with E-state index in [1.165, 1.54) is 36.2 Å². The van der Waals surface area contributed by atoms with Gasteiger partial charge in [0.1, 0.15) is 24.2 Å². The van der Waals surface area contributed by atoms with Crippen LogP contribution in [0.25, 0.3) is 0 Å². The molecule has 32 heavy (non-hydrogen) atoms. The Labute approximate surface area is 188 Å². The van der Waals surface area contributed by atoms with E-state index in [9.17, 15) is 22.4 Å². The molecule has 2 aromatic rings. The van der Waals surface area contributed by atoms with E-state index in [0.717, 1.165) is 10.6 Å². The van der Waals surface area contributed by atoms with Crippen LogP contribution in [-0.4, -0.2) is 57.6 Å². The summed E-state index contributed by atoms with van der Waals surface area (Å²) < 4.78 is 44.5. The summed E-state index contributed by atoms with van der Waals surface area (Å²) in [5.41, 5.74) is 0.890. The average Bonchev–Trinajstić information content (AvgIpc) is 2.76. The first-order valence-electron chi connectivity index (χ1n) is 10.0. The Morgan fingerprint density at radius 2 is 1.69 bits per heavy atom. The zero-order chi connectivity index (χ0) is 23.9. The van der Waals surface area contributed by atoms with E-state index in [1.807, 2.05) is 6.92 Å². The summed E-state index contributed by atoms with van der Waals surface area (Å²) in [6.07, 6.45) is 1.00. The second kappa shape index (κ2) is 10.9. The summed E-state index contributed by atoms with van der Waals surface area (Å²) in [6.45, 7) is 3.34. The summed E-state index contributed by atoms with van der Waals surface area (Å²) >= 11 is 0. The number of hydrogen-bond donors (Lipinski definition) is 1. The van der Waals surface area contributed by atoms with Gasteiger partial charge in [0.15, 0.2) is 0 Å². The number of benzene rings is 2. The Hall–Kier alpha value is -3.14. The molecule has 2 amide bonds. The highest BCUT2D eigenvalue weighted by molar-refractivity contribution is 7.92. The molecule has 0 aliphatic heterocycles. The number of amides is 2. The number of nitrogens with one attached hydrogen (secondary N) is 1. The molecular formula is C22H28FN3O5S. The number of likely N-dealkylation sites (N-methyl/N-ethyl adjacent to an activating group) is 1. The summed E-state index contributed by atoms with van der Waals surface area (Å²) in [5.74, 6) is -0.843. The molecule has 1 atom stereocenters. The van der Waals surface area contributed by atoms with Crippen LogP contribution in [0.1, 0.15) is 19.4 Å². The Morgan fingerprint density at radius 1 is 1.09 bits per heavy atom. The van der Waals surface area contributed by atoms with Gasteiger partial charge in [-0.3, -0.25) is 13.9 Å². The molecule has 0 saturated carbocycles. The lowest BCUT2D eigenvalue weighted by molar-refractivity contribution is -0.139. The quantitative estimate of drug-likeness (QED) is 0.580. The van der Waals surface area contributed by atoms with Gasteiger partial charge in [0.25, 0.3) is 0 Å². The largest absolute Gasteiger partial charge is 0.494 e. The van der Waals surface area contributed by atoms with Crippen molar-refractivity contribution >= 4 is 27.5 Å². The summed E-state index contributed by atoms with van der Waals surface area (Å²) in [7, 11) is -2.36. The number of rotatable bonds is 10. The monoisotopic (exact) mass is 465 g/mol. The van der Waals surface area contributed by atoms with Crippen LogP contribution in [-0.2, 0) is 26.2 Å². The Balaban J connectivity index is 2.34. The van der Waals surface area contributed by atoms with Crippen molar-refractivity contribution in [2.75, 3.05) is 30.8 Å². The van der Waals surface area contributed by atoms with Crippen molar-refractivity contribution in [1.29, 1.82) is 0 Å². The minimum Gasteiger partial charge on any atom is -0.494 e. The topological polar surface area (TPSA) is 96.0 Å². The van der Waals surface area contributed by atoms with Gasteiger partial charge in [0.2, 0.25) is 21.8 Å². The lowest BCUT2D eigenvalue weighted by atomic mass is 10.1. The van der Waals surface area contributed by atoms with E-state index in [2.05, 4.69) is 5.32 Å². The van der Waals surface area contributed by atoms with Crippen molar-refractivity contribution in [2.24, 2.45) is 0 Å². The van der Waals surface area contributed by atoms with Crippen molar-refractivity contribution < 1.29 is 27.1 Å². The van der Waals surface area contributed by atoms with Gasteiger partial charge >= 0.3 is 0 Å². The number of sulfonamides is 1. The van der Waals surface area contributed by atoms with Crippen molar-refractivity contribution in [2.45, 2.75) is 26.4 Å². The molecule has 0 bridgehead atoms. The number of hydrogen-bond acceptors (Lipinski definition) is 5. The summed E-state index contributed by atoms with van der Waals surface area (Å²) in [6, 6.07) is 11.0. The first-order chi connectivity index (χ1) is 15.1. The van der Waals surface area contributed by atoms with Gasteiger partial charge in [0.05, 0.1) is 18.6 Å². The highest BCUT2D eigenvalue weighted by Crippen LogP contribution is 2.22. The molecule has 0 saturated heterocycles. The van der Waals surface area contributed by atoms with Gasteiger partial charge in [-0.05, 0) is 55.8 Å². The maximum atomic E-state index is 13.3. The van der Waals surface area contributed by atoms with Gasteiger partial charge in [-0.2, -0.15) is 0 Å². The number of carbonyl (C=O) groups excluding carboxylic acids is 2. The molecule has 0 fully saturated rings. The molecule has 0 radical (unpaired) electrons. The SMILES string of the molecule is CCOc1ccc(N(CC(=O)N(Cc2ccc(F)cc2)[C@H](C)C(=O)NC)S(C)(=O)=O)cc1. The smallest absolute Gasteiger partial charge is 0.244 e. The second-order valence-corrected chi connectivity index (χ2v) is 9.04. The summed E-state index contributed by atoms with van der Waals surface area (Å²) in [4.78, 5) is 26.7. The van der Waals surface area contributed by atoms with Crippen LogP contribution in [0.5, 0.6) is 5.75 Å². The molecule has 0 aliphatic carbocycles. The molecule has 8 nitrogen and oxygen atoms in total. The number of carbonyl (C=O) groups is 2. The maximum absolute atomic E-state index is 13.3. The Bertz CT molecular complexity index is 1030. The highest BCUT2D eigenvalue weighted by Gasteiger charge is 2.29. The van der Waals surface area contributed by atoms with Gasteiger partial charge in [-0.25, -0.2) is 12.8 Å². The molecule has 1 N–H and O–H groups in total. The third-order valence-electron chi connectivity index (χ3n) is 4.79. The zero-order valence-corrected chi connectivity index (χ0v) is 19.4. The number of halogens is 1. The van der Waals surface area contributed by atoms with Gasteiger partial charge in [-0.15, -0.1) is 0 Å². The van der Waals surface area contributed by atoms with Crippen LogP contribution in [0.2, 0.25) is 0 Å². The predicted octanol–water partition coefficient (Wildman–Crippen LogP) is 2.15. The van der Waals surface area contributed by atoms with E-state index in [-0.39, 0.29) is 6.54 Å². The highest BCUT2D eigenvalue weighted by atomic mass is 32.2. The number of anilines is 1. The lowest BCUT2D eigenvalue weighted by Crippen LogP contribution is -2.50. The Kier molecular flexibility index (Phi) is 8.59. The third kappa shape index (κ3) is 6.68. The van der Waals surface area contributed by atoms with Crippen LogP contribution in [0.15, 0.2) is 48.5 Å². The van der Waals surface area contributed by atoms with Gasteiger partial charge in [0, 0.05) is 13.6 Å². The van der Waals surface area contributed by atoms with Gasteiger partial charge in [-0.1, -0.05) is 12.1 Å². The molecular weight excluding hydrogens is 437 g/mol. The minimum atomic E-state index is -3.81. The fraction of sp³-hybridized carbons (Fsp3) is 0.364. The lowest BCUT2D eigenvalue weighted by Gasteiger charge is -2.31. The van der Waals surface area contributed by atoms with E-state index in [4.69, 9.17) is 4.74 Å². The molecule has 10 heteroatoms. The average molecular weight is 466 g/mol. The fourth-order valence-electron chi connectivity index (χ4n) is 3.07. The maximum Gasteiger partial charge on any atom is 0.244 e. The van der Waals surface area contributed by atoms with Crippen LogP contribution in [0.3, 0.4) is 0 Å². The fourth-order valence-corrected chi connectivity index (χ4v) is 3.92. The van der Waals surface area contributed by atoms with Crippen LogP contribution in [0.4, 0.5) is 10.1 Å². The first-order valence-corrected chi connectivity index (χ1v) is 11.9. The first kappa shape index (κ1) is 25.1. The zero-order valence-electron chi connectivity index (χ0n) is 18.5. The predicted molar refractivity (Wildman–Crippen MR) is 120 cm³/mol. The van der Waals surface area contributed by atoms with Crippen molar-refractivity contribution in [1.82, 2.24) is 10.2 Å². The molecule has 0 unspecified atom stereocenters. The van der Waals surface area contributed by atoms with Crippen molar-refractivity contribution in [3.63, 3.8) is 0 Å². The van der Waals surface area contributed by atoms with E-state index < -0.39 is 40.2 Å². The Morgan fingerprint density at radius 3 is 2.19 bits per heavy atom.